The minimum absolute atomic E-state index is 0.0681. The van der Waals surface area contributed by atoms with Crippen LogP contribution >= 0.6 is 0 Å². The number of anilines is 1. The first-order valence-electron chi connectivity index (χ1n) is 5.58. The number of hydrogen-bond donors (Lipinski definition) is 2. The van der Waals surface area contributed by atoms with E-state index in [-0.39, 0.29) is 10.7 Å². The number of aromatic nitrogens is 2. The molecule has 0 aromatic carbocycles. The molecule has 0 bridgehead atoms. The summed E-state index contributed by atoms with van der Waals surface area (Å²) in [5, 5.41) is 11.4. The lowest BCUT2D eigenvalue weighted by atomic mass is 10.4. The third-order valence-electron chi connectivity index (χ3n) is 2.63. The number of nitrogens with two attached hydrogens (primary N) is 1. The maximum Gasteiger partial charge on any atom is 0.323 e. The van der Waals surface area contributed by atoms with Crippen molar-refractivity contribution in [1.82, 2.24) is 14.7 Å². The number of morpholine rings is 1. The van der Waals surface area contributed by atoms with Crippen LogP contribution in [0.1, 0.15) is 0 Å². The summed E-state index contributed by atoms with van der Waals surface area (Å²) in [6, 6.07) is -0.424. The summed E-state index contributed by atoms with van der Waals surface area (Å²) in [5.74, 6) is -0.0681. The van der Waals surface area contributed by atoms with Crippen molar-refractivity contribution < 1.29 is 17.9 Å². The van der Waals surface area contributed by atoms with E-state index in [1.54, 1.807) is 7.05 Å². The molecule has 1 saturated heterocycles. The van der Waals surface area contributed by atoms with Gasteiger partial charge in [-0.05, 0) is 0 Å². The standard InChI is InChI=1S/C9H15N5O4S/c1-13-6-7(19(10,16)17)8(12-13)11-9(15)14-2-4-18-5-3-14/h6H,2-5H2,1H3,(H2,10,16,17)(H,11,12,15). The molecule has 0 unspecified atom stereocenters. The Hall–Kier alpha value is -1.65. The molecular formula is C9H15N5O4S. The first kappa shape index (κ1) is 13.8. The summed E-state index contributed by atoms with van der Waals surface area (Å²) in [6.07, 6.45) is 1.24. The normalized spacial score (nSPS) is 16.4. The van der Waals surface area contributed by atoms with Gasteiger partial charge in [-0.2, -0.15) is 5.10 Å². The van der Waals surface area contributed by atoms with Crippen molar-refractivity contribution in [2.75, 3.05) is 31.6 Å². The Labute approximate surface area is 110 Å². The SMILES string of the molecule is Cn1cc(S(N)(=O)=O)c(NC(=O)N2CCOCC2)n1. The number of carbonyl (C=O) groups is 1. The molecule has 10 heteroatoms. The zero-order valence-corrected chi connectivity index (χ0v) is 11.2. The van der Waals surface area contributed by atoms with Gasteiger partial charge in [-0.15, -0.1) is 0 Å². The van der Waals surface area contributed by atoms with Crippen LogP contribution in [0.25, 0.3) is 0 Å². The van der Waals surface area contributed by atoms with Gasteiger partial charge in [0.15, 0.2) is 5.82 Å². The highest BCUT2D eigenvalue weighted by atomic mass is 32.2. The second-order valence-corrected chi connectivity index (χ2v) is 5.62. The van der Waals surface area contributed by atoms with Crippen LogP contribution in [-0.2, 0) is 21.8 Å². The fourth-order valence-corrected chi connectivity index (χ4v) is 2.37. The second-order valence-electron chi connectivity index (χ2n) is 4.09. The van der Waals surface area contributed by atoms with E-state index in [4.69, 9.17) is 9.88 Å². The van der Waals surface area contributed by atoms with Crippen molar-refractivity contribution in [3.8, 4) is 0 Å². The maximum absolute atomic E-state index is 11.9. The number of hydrogen-bond acceptors (Lipinski definition) is 5. The maximum atomic E-state index is 11.9. The molecule has 0 radical (unpaired) electrons. The summed E-state index contributed by atoms with van der Waals surface area (Å²) < 4.78 is 29.1. The molecule has 1 fully saturated rings. The fraction of sp³-hybridized carbons (Fsp3) is 0.556. The van der Waals surface area contributed by atoms with Gasteiger partial charge in [0, 0.05) is 26.3 Å². The molecule has 3 N–H and O–H groups in total. The summed E-state index contributed by atoms with van der Waals surface area (Å²) in [4.78, 5) is 13.2. The van der Waals surface area contributed by atoms with Crippen molar-refractivity contribution >= 4 is 21.9 Å². The number of urea groups is 1. The van der Waals surface area contributed by atoms with E-state index in [2.05, 4.69) is 10.4 Å². The molecule has 1 aliphatic rings. The molecule has 1 aliphatic heterocycles. The smallest absolute Gasteiger partial charge is 0.323 e. The van der Waals surface area contributed by atoms with E-state index in [0.29, 0.717) is 26.3 Å². The molecule has 0 aliphatic carbocycles. The van der Waals surface area contributed by atoms with E-state index in [9.17, 15) is 13.2 Å². The Kier molecular flexibility index (Phi) is 3.73. The van der Waals surface area contributed by atoms with Gasteiger partial charge in [0.05, 0.1) is 13.2 Å². The van der Waals surface area contributed by atoms with Gasteiger partial charge in [0.25, 0.3) is 0 Å². The van der Waals surface area contributed by atoms with Crippen molar-refractivity contribution in [1.29, 1.82) is 0 Å². The summed E-state index contributed by atoms with van der Waals surface area (Å²) >= 11 is 0. The molecule has 2 amide bonds. The van der Waals surface area contributed by atoms with Gasteiger partial charge < -0.3 is 9.64 Å². The minimum atomic E-state index is -3.93. The quantitative estimate of drug-likeness (QED) is 0.718. The zero-order valence-electron chi connectivity index (χ0n) is 10.4. The van der Waals surface area contributed by atoms with Crippen LogP contribution in [0, 0.1) is 0 Å². The molecule has 106 valence electrons. The van der Waals surface area contributed by atoms with Gasteiger partial charge in [-0.3, -0.25) is 10.00 Å². The lowest BCUT2D eigenvalue weighted by molar-refractivity contribution is 0.0564. The lowest BCUT2D eigenvalue weighted by Gasteiger charge is -2.26. The second kappa shape index (κ2) is 5.15. The third kappa shape index (κ3) is 3.22. The topological polar surface area (TPSA) is 120 Å². The van der Waals surface area contributed by atoms with Gasteiger partial charge in [0.2, 0.25) is 10.0 Å². The van der Waals surface area contributed by atoms with Crippen molar-refractivity contribution in [2.24, 2.45) is 12.2 Å². The van der Waals surface area contributed by atoms with Gasteiger partial charge >= 0.3 is 6.03 Å². The van der Waals surface area contributed by atoms with Gasteiger partial charge in [0.1, 0.15) is 4.90 Å². The number of rotatable bonds is 2. The average Bonchev–Trinajstić information content (AvgIpc) is 2.71. The van der Waals surface area contributed by atoms with Crippen LogP contribution < -0.4 is 10.5 Å². The summed E-state index contributed by atoms with van der Waals surface area (Å²) in [6.45, 7) is 1.81. The van der Waals surface area contributed by atoms with Gasteiger partial charge in [-0.25, -0.2) is 18.4 Å². The minimum Gasteiger partial charge on any atom is -0.378 e. The molecule has 0 atom stereocenters. The number of nitrogens with one attached hydrogen (secondary N) is 1. The van der Waals surface area contributed by atoms with Crippen LogP contribution in [-0.4, -0.2) is 55.4 Å². The van der Waals surface area contributed by atoms with E-state index in [1.165, 1.54) is 15.8 Å². The Bertz CT molecular complexity index is 575. The zero-order chi connectivity index (χ0) is 14.0. The molecule has 2 heterocycles. The summed E-state index contributed by atoms with van der Waals surface area (Å²) in [7, 11) is -2.39. The molecule has 1 aromatic rings. The van der Waals surface area contributed by atoms with Crippen LogP contribution in [0.3, 0.4) is 0 Å². The highest BCUT2D eigenvalue weighted by Gasteiger charge is 2.23. The van der Waals surface area contributed by atoms with Crippen LogP contribution in [0.2, 0.25) is 0 Å². The average molecular weight is 289 g/mol. The van der Waals surface area contributed by atoms with Crippen LogP contribution in [0.15, 0.2) is 11.1 Å². The number of amides is 2. The van der Waals surface area contributed by atoms with Gasteiger partial charge in [-0.1, -0.05) is 0 Å². The predicted octanol–water partition coefficient (Wildman–Crippen LogP) is -1.07. The van der Waals surface area contributed by atoms with Crippen LogP contribution in [0.5, 0.6) is 0 Å². The first-order valence-corrected chi connectivity index (χ1v) is 7.12. The molecular weight excluding hydrogens is 274 g/mol. The van der Waals surface area contributed by atoms with Crippen molar-refractivity contribution in [3.63, 3.8) is 0 Å². The number of aryl methyl sites for hydroxylation is 1. The summed E-state index contributed by atoms with van der Waals surface area (Å²) in [5.41, 5.74) is 0. The number of nitrogens with zero attached hydrogens (tertiary/aromatic N) is 3. The molecule has 0 saturated carbocycles. The number of primary sulfonamides is 1. The number of carbonyl (C=O) groups excluding carboxylic acids is 1. The van der Waals surface area contributed by atoms with E-state index in [0.717, 1.165) is 0 Å². The lowest BCUT2D eigenvalue weighted by Crippen LogP contribution is -2.43. The van der Waals surface area contributed by atoms with Crippen molar-refractivity contribution in [2.45, 2.75) is 4.90 Å². The van der Waals surface area contributed by atoms with Crippen molar-refractivity contribution in [3.05, 3.63) is 6.20 Å². The van der Waals surface area contributed by atoms with Crippen LogP contribution in [0.4, 0.5) is 10.6 Å². The Morgan fingerprint density at radius 2 is 2.11 bits per heavy atom. The third-order valence-corrected chi connectivity index (χ3v) is 3.54. The Morgan fingerprint density at radius 3 is 2.68 bits per heavy atom. The number of ether oxygens (including phenoxy) is 1. The largest absolute Gasteiger partial charge is 0.378 e. The Morgan fingerprint density at radius 1 is 1.47 bits per heavy atom. The predicted molar refractivity (Wildman–Crippen MR) is 66.0 cm³/mol. The fourth-order valence-electron chi connectivity index (χ4n) is 1.71. The number of sulfonamides is 1. The van der Waals surface area contributed by atoms with E-state index >= 15 is 0 Å². The molecule has 2 rings (SSSR count). The molecule has 19 heavy (non-hydrogen) atoms. The highest BCUT2D eigenvalue weighted by molar-refractivity contribution is 7.89. The molecule has 0 spiro atoms. The highest BCUT2D eigenvalue weighted by Crippen LogP contribution is 2.17. The molecule has 1 aromatic heterocycles. The Balaban J connectivity index is 2.17. The molecule has 9 nitrogen and oxygen atoms in total. The monoisotopic (exact) mass is 289 g/mol. The first-order chi connectivity index (χ1) is 8.88. The van der Waals surface area contributed by atoms with E-state index in [1.807, 2.05) is 0 Å². The van der Waals surface area contributed by atoms with E-state index < -0.39 is 16.1 Å².